The Bertz CT molecular complexity index is 712. The number of rotatable bonds is 7. The maximum absolute atomic E-state index is 12.4. The van der Waals surface area contributed by atoms with Crippen molar-refractivity contribution < 1.29 is 13.2 Å². The molecule has 1 amide bonds. The highest BCUT2D eigenvalue weighted by atomic mass is 32.2. The van der Waals surface area contributed by atoms with Crippen molar-refractivity contribution in [2.45, 2.75) is 50.0 Å². The summed E-state index contributed by atoms with van der Waals surface area (Å²) in [5.74, 6) is 0.501. The quantitative estimate of drug-likeness (QED) is 0.755. The minimum Gasteiger partial charge on any atom is -0.342 e. The molecule has 0 spiro atoms. The molecule has 7 heteroatoms. The van der Waals surface area contributed by atoms with Gasteiger partial charge in [-0.1, -0.05) is 17.7 Å². The average Bonchev–Trinajstić information content (AvgIpc) is 3.30. The van der Waals surface area contributed by atoms with Crippen molar-refractivity contribution in [2.75, 3.05) is 26.2 Å². The lowest BCUT2D eigenvalue weighted by Gasteiger charge is -2.18. The molecule has 2 N–H and O–H groups in total. The van der Waals surface area contributed by atoms with Gasteiger partial charge in [0.2, 0.25) is 15.9 Å². The van der Waals surface area contributed by atoms with Gasteiger partial charge in [-0.2, -0.15) is 0 Å². The van der Waals surface area contributed by atoms with Crippen LogP contribution in [0.3, 0.4) is 0 Å². The summed E-state index contributed by atoms with van der Waals surface area (Å²) in [6.45, 7) is 4.55. The van der Waals surface area contributed by atoms with E-state index in [1.165, 1.54) is 0 Å². The number of benzene rings is 1. The van der Waals surface area contributed by atoms with E-state index < -0.39 is 10.0 Å². The fourth-order valence-electron chi connectivity index (χ4n) is 3.78. The number of carbonyl (C=O) groups excluding carboxylic acids is 1. The van der Waals surface area contributed by atoms with Crippen LogP contribution in [0.2, 0.25) is 0 Å². The van der Waals surface area contributed by atoms with Gasteiger partial charge in [0.15, 0.2) is 0 Å². The highest BCUT2D eigenvalue weighted by Crippen LogP contribution is 2.25. The van der Waals surface area contributed by atoms with Crippen molar-refractivity contribution in [1.82, 2.24) is 14.9 Å². The van der Waals surface area contributed by atoms with E-state index in [2.05, 4.69) is 10.0 Å². The summed E-state index contributed by atoms with van der Waals surface area (Å²) in [5, 5.41) is 3.35. The third-order valence-electron chi connectivity index (χ3n) is 5.44. The van der Waals surface area contributed by atoms with Crippen molar-refractivity contribution in [3.8, 4) is 0 Å². The number of nitrogens with zero attached hydrogens (tertiary/aromatic N) is 1. The zero-order chi connectivity index (χ0) is 18.6. The van der Waals surface area contributed by atoms with E-state index in [-0.39, 0.29) is 5.91 Å². The molecule has 0 bridgehead atoms. The van der Waals surface area contributed by atoms with Gasteiger partial charge in [-0.15, -0.1) is 0 Å². The second kappa shape index (κ2) is 8.50. The van der Waals surface area contributed by atoms with Crippen molar-refractivity contribution in [1.29, 1.82) is 0 Å². The fraction of sp³-hybridized carbons (Fsp3) is 0.632. The average molecular weight is 380 g/mol. The number of carbonyl (C=O) groups is 1. The van der Waals surface area contributed by atoms with Crippen LogP contribution < -0.4 is 10.0 Å². The van der Waals surface area contributed by atoms with Crippen LogP contribution in [0.4, 0.5) is 0 Å². The Labute approximate surface area is 156 Å². The fourth-order valence-corrected chi connectivity index (χ4v) is 4.90. The molecule has 1 aliphatic carbocycles. The van der Waals surface area contributed by atoms with E-state index in [4.69, 9.17) is 0 Å². The van der Waals surface area contributed by atoms with Crippen LogP contribution in [-0.4, -0.2) is 51.4 Å². The van der Waals surface area contributed by atoms with Gasteiger partial charge in [-0.25, -0.2) is 13.1 Å². The molecule has 0 aromatic heterocycles. The van der Waals surface area contributed by atoms with Crippen molar-refractivity contribution in [3.63, 3.8) is 0 Å². The lowest BCUT2D eigenvalue weighted by atomic mass is 10.1. The Morgan fingerprint density at radius 3 is 2.54 bits per heavy atom. The first-order valence-corrected chi connectivity index (χ1v) is 11.0. The summed E-state index contributed by atoms with van der Waals surface area (Å²) in [6, 6.07) is 7.19. The number of amides is 1. The van der Waals surface area contributed by atoms with E-state index in [1.807, 2.05) is 24.0 Å². The molecular formula is C19H29N3O3S. The molecule has 1 saturated carbocycles. The molecule has 3 rings (SSSR count). The number of hydrogen-bond acceptors (Lipinski definition) is 4. The summed E-state index contributed by atoms with van der Waals surface area (Å²) < 4.78 is 27.5. The first kappa shape index (κ1) is 19.3. The molecule has 2 aliphatic rings. The number of aryl methyl sites for hydroxylation is 1. The Morgan fingerprint density at radius 1 is 1.15 bits per heavy atom. The number of hydrogen-bond donors (Lipinski definition) is 2. The third kappa shape index (κ3) is 5.05. The molecule has 0 radical (unpaired) electrons. The molecule has 144 valence electrons. The Morgan fingerprint density at radius 2 is 1.85 bits per heavy atom. The van der Waals surface area contributed by atoms with Crippen LogP contribution in [0, 0.1) is 12.8 Å². The number of sulfonamides is 1. The molecule has 2 fully saturated rings. The SMILES string of the molecule is Cc1ccc(S(=O)(=O)NC[C@H]2CC[C@@H](NCC(=O)N3CCCC3)C2)cc1. The first-order valence-electron chi connectivity index (χ1n) is 9.51. The maximum Gasteiger partial charge on any atom is 0.240 e. The third-order valence-corrected chi connectivity index (χ3v) is 6.87. The zero-order valence-corrected chi connectivity index (χ0v) is 16.2. The summed E-state index contributed by atoms with van der Waals surface area (Å²) in [6.07, 6.45) is 5.09. The normalized spacial score (nSPS) is 23.5. The Balaban J connectivity index is 1.41. The van der Waals surface area contributed by atoms with Gasteiger partial charge in [-0.05, 0) is 57.1 Å². The monoisotopic (exact) mass is 379 g/mol. The summed E-state index contributed by atoms with van der Waals surface area (Å²) in [7, 11) is -3.45. The smallest absolute Gasteiger partial charge is 0.240 e. The molecule has 1 aliphatic heterocycles. The first-order chi connectivity index (χ1) is 12.4. The van der Waals surface area contributed by atoms with E-state index in [9.17, 15) is 13.2 Å². The van der Waals surface area contributed by atoms with Crippen molar-refractivity contribution >= 4 is 15.9 Å². The number of nitrogens with one attached hydrogen (secondary N) is 2. The summed E-state index contributed by atoms with van der Waals surface area (Å²) in [5.41, 5.74) is 1.04. The molecule has 6 nitrogen and oxygen atoms in total. The van der Waals surface area contributed by atoms with Crippen LogP contribution in [0.5, 0.6) is 0 Å². The lowest BCUT2D eigenvalue weighted by Crippen LogP contribution is -2.40. The molecule has 0 unspecified atom stereocenters. The van der Waals surface area contributed by atoms with E-state index >= 15 is 0 Å². The topological polar surface area (TPSA) is 78.5 Å². The van der Waals surface area contributed by atoms with Crippen LogP contribution in [0.25, 0.3) is 0 Å². The van der Waals surface area contributed by atoms with E-state index in [0.717, 1.165) is 50.8 Å². The van der Waals surface area contributed by atoms with Gasteiger partial charge >= 0.3 is 0 Å². The van der Waals surface area contributed by atoms with Crippen LogP contribution >= 0.6 is 0 Å². The van der Waals surface area contributed by atoms with Crippen molar-refractivity contribution in [2.24, 2.45) is 5.92 Å². The second-order valence-electron chi connectivity index (χ2n) is 7.51. The van der Waals surface area contributed by atoms with Gasteiger partial charge in [0.05, 0.1) is 11.4 Å². The Hall–Kier alpha value is -1.44. The second-order valence-corrected chi connectivity index (χ2v) is 9.28. The predicted molar refractivity (Wildman–Crippen MR) is 101 cm³/mol. The molecule has 2 atom stereocenters. The van der Waals surface area contributed by atoms with Gasteiger partial charge < -0.3 is 10.2 Å². The number of likely N-dealkylation sites (tertiary alicyclic amines) is 1. The predicted octanol–water partition coefficient (Wildman–Crippen LogP) is 1.65. The Kier molecular flexibility index (Phi) is 6.32. The molecular weight excluding hydrogens is 350 g/mol. The van der Waals surface area contributed by atoms with Gasteiger partial charge in [-0.3, -0.25) is 4.79 Å². The largest absolute Gasteiger partial charge is 0.342 e. The molecule has 1 saturated heterocycles. The minimum absolute atomic E-state index is 0.186. The highest BCUT2D eigenvalue weighted by molar-refractivity contribution is 7.89. The molecule has 1 aromatic rings. The van der Waals surface area contributed by atoms with E-state index in [1.54, 1.807) is 12.1 Å². The van der Waals surface area contributed by atoms with Crippen molar-refractivity contribution in [3.05, 3.63) is 29.8 Å². The lowest BCUT2D eigenvalue weighted by molar-refractivity contribution is -0.129. The summed E-state index contributed by atoms with van der Waals surface area (Å²) in [4.78, 5) is 14.3. The highest BCUT2D eigenvalue weighted by Gasteiger charge is 2.27. The maximum atomic E-state index is 12.4. The van der Waals surface area contributed by atoms with Gasteiger partial charge in [0.1, 0.15) is 0 Å². The minimum atomic E-state index is -3.45. The molecule has 1 heterocycles. The van der Waals surface area contributed by atoms with Crippen LogP contribution in [0.1, 0.15) is 37.7 Å². The molecule has 1 aromatic carbocycles. The van der Waals surface area contributed by atoms with Crippen LogP contribution in [-0.2, 0) is 14.8 Å². The van der Waals surface area contributed by atoms with Crippen LogP contribution in [0.15, 0.2) is 29.2 Å². The molecule has 26 heavy (non-hydrogen) atoms. The van der Waals surface area contributed by atoms with Gasteiger partial charge in [0, 0.05) is 25.7 Å². The van der Waals surface area contributed by atoms with E-state index in [0.29, 0.717) is 29.9 Å². The zero-order valence-electron chi connectivity index (χ0n) is 15.4. The standard InChI is InChI=1S/C19H29N3O3S/c1-15-4-8-18(9-5-15)26(24,25)21-13-16-6-7-17(12-16)20-14-19(23)22-10-2-3-11-22/h4-5,8-9,16-17,20-21H,2-3,6-7,10-14H2,1H3/t16-,17+/m0/s1. The van der Waals surface area contributed by atoms with Gasteiger partial charge in [0.25, 0.3) is 0 Å². The summed E-state index contributed by atoms with van der Waals surface area (Å²) >= 11 is 0.